The molecule has 108 valence electrons. The average molecular weight is 361 g/mol. The molecule has 8 heteroatoms. The van der Waals surface area contributed by atoms with E-state index in [1.807, 2.05) is 0 Å². The number of nitrogens with zero attached hydrogens (tertiary/aromatic N) is 2. The first-order valence-electron chi connectivity index (χ1n) is 5.69. The standard InChI is InChI=1S/C12H13BrN2O4S/c1-15(7-9-3-2-4-14-6-9)20(17,18)11-5-10(8-16)19-12(11)13/h2-6,16H,7-8H2,1H3. The Morgan fingerprint density at radius 1 is 1.50 bits per heavy atom. The molecule has 0 aliphatic rings. The largest absolute Gasteiger partial charge is 0.450 e. The lowest BCUT2D eigenvalue weighted by molar-refractivity contribution is 0.245. The number of sulfonamides is 1. The Morgan fingerprint density at radius 3 is 2.80 bits per heavy atom. The second-order valence-electron chi connectivity index (χ2n) is 4.13. The molecule has 0 unspecified atom stereocenters. The second kappa shape index (κ2) is 6.04. The number of aliphatic hydroxyl groups is 1. The summed E-state index contributed by atoms with van der Waals surface area (Å²) in [5.41, 5.74) is 0.778. The molecule has 0 saturated heterocycles. The van der Waals surface area contributed by atoms with Crippen molar-refractivity contribution in [3.05, 3.63) is 46.6 Å². The maximum atomic E-state index is 12.4. The SMILES string of the molecule is CN(Cc1cccnc1)S(=O)(=O)c1cc(CO)oc1Br. The molecule has 6 nitrogen and oxygen atoms in total. The van der Waals surface area contributed by atoms with Gasteiger partial charge in [0.1, 0.15) is 17.3 Å². The van der Waals surface area contributed by atoms with Crippen molar-refractivity contribution in [2.24, 2.45) is 0 Å². The van der Waals surface area contributed by atoms with Crippen LogP contribution in [0.4, 0.5) is 0 Å². The van der Waals surface area contributed by atoms with Crippen molar-refractivity contribution in [3.63, 3.8) is 0 Å². The minimum atomic E-state index is -3.70. The fourth-order valence-corrected chi connectivity index (χ4v) is 3.77. The minimum Gasteiger partial charge on any atom is -0.450 e. The molecule has 0 spiro atoms. The van der Waals surface area contributed by atoms with Crippen LogP contribution < -0.4 is 0 Å². The molecule has 0 aliphatic carbocycles. The molecule has 0 aromatic carbocycles. The summed E-state index contributed by atoms with van der Waals surface area (Å²) in [5.74, 6) is 0.185. The van der Waals surface area contributed by atoms with E-state index in [4.69, 9.17) is 9.52 Å². The van der Waals surface area contributed by atoms with Crippen LogP contribution in [0.5, 0.6) is 0 Å². The maximum Gasteiger partial charge on any atom is 0.247 e. The van der Waals surface area contributed by atoms with Crippen molar-refractivity contribution < 1.29 is 17.9 Å². The zero-order valence-corrected chi connectivity index (χ0v) is 13.1. The number of aromatic nitrogens is 1. The van der Waals surface area contributed by atoms with E-state index >= 15 is 0 Å². The predicted molar refractivity (Wildman–Crippen MR) is 75.2 cm³/mol. The van der Waals surface area contributed by atoms with Gasteiger partial charge >= 0.3 is 0 Å². The molecule has 0 atom stereocenters. The van der Waals surface area contributed by atoms with Gasteiger partial charge in [0.2, 0.25) is 10.0 Å². The summed E-state index contributed by atoms with van der Waals surface area (Å²) >= 11 is 3.05. The van der Waals surface area contributed by atoms with Gasteiger partial charge in [0.15, 0.2) is 4.67 Å². The van der Waals surface area contributed by atoms with Crippen molar-refractivity contribution in [1.29, 1.82) is 0 Å². The van der Waals surface area contributed by atoms with Crippen molar-refractivity contribution in [1.82, 2.24) is 9.29 Å². The van der Waals surface area contributed by atoms with Crippen LogP contribution >= 0.6 is 15.9 Å². The third kappa shape index (κ3) is 3.09. The number of hydrogen-bond donors (Lipinski definition) is 1. The lowest BCUT2D eigenvalue weighted by atomic mass is 10.3. The Bertz CT molecular complexity index is 685. The lowest BCUT2D eigenvalue weighted by Gasteiger charge is -2.16. The van der Waals surface area contributed by atoms with Gasteiger partial charge in [-0.1, -0.05) is 6.07 Å². The van der Waals surface area contributed by atoms with Crippen LogP contribution in [-0.2, 0) is 23.2 Å². The number of rotatable bonds is 5. The van der Waals surface area contributed by atoms with E-state index in [1.54, 1.807) is 24.5 Å². The van der Waals surface area contributed by atoms with Crippen molar-refractivity contribution >= 4 is 26.0 Å². The van der Waals surface area contributed by atoms with Gasteiger partial charge in [0, 0.05) is 32.1 Å². The smallest absolute Gasteiger partial charge is 0.247 e. The Balaban J connectivity index is 2.27. The van der Waals surface area contributed by atoms with Gasteiger partial charge in [-0.2, -0.15) is 4.31 Å². The van der Waals surface area contributed by atoms with Gasteiger partial charge in [-0.3, -0.25) is 4.98 Å². The van der Waals surface area contributed by atoms with Crippen LogP contribution in [0.3, 0.4) is 0 Å². The summed E-state index contributed by atoms with van der Waals surface area (Å²) in [5, 5.41) is 8.98. The molecule has 0 aliphatic heterocycles. The Hall–Kier alpha value is -1.22. The average Bonchev–Trinajstić information content (AvgIpc) is 2.82. The summed E-state index contributed by atoms with van der Waals surface area (Å²) in [4.78, 5) is 3.94. The van der Waals surface area contributed by atoms with Gasteiger partial charge in [-0.05, 0) is 27.6 Å². The molecule has 0 saturated carbocycles. The fourth-order valence-electron chi connectivity index (χ4n) is 1.65. The molecule has 2 heterocycles. The van der Waals surface area contributed by atoms with Crippen LogP contribution in [0.1, 0.15) is 11.3 Å². The third-order valence-electron chi connectivity index (χ3n) is 2.68. The molecule has 0 radical (unpaired) electrons. The summed E-state index contributed by atoms with van der Waals surface area (Å²) in [6.45, 7) is -0.164. The molecule has 2 aromatic rings. The number of hydrogen-bond acceptors (Lipinski definition) is 5. The topological polar surface area (TPSA) is 83.6 Å². The summed E-state index contributed by atoms with van der Waals surface area (Å²) in [7, 11) is -2.23. The van der Waals surface area contributed by atoms with E-state index in [1.165, 1.54) is 17.4 Å². The van der Waals surface area contributed by atoms with E-state index in [0.717, 1.165) is 5.56 Å². The summed E-state index contributed by atoms with van der Waals surface area (Å²) < 4.78 is 31.2. The highest BCUT2D eigenvalue weighted by Crippen LogP contribution is 2.28. The highest BCUT2D eigenvalue weighted by Gasteiger charge is 2.27. The Labute approximate surface area is 125 Å². The van der Waals surface area contributed by atoms with E-state index in [2.05, 4.69) is 20.9 Å². The quantitative estimate of drug-likeness (QED) is 0.877. The first-order valence-corrected chi connectivity index (χ1v) is 7.92. The highest BCUT2D eigenvalue weighted by molar-refractivity contribution is 9.10. The number of furan rings is 1. The fraction of sp³-hybridized carbons (Fsp3) is 0.250. The van der Waals surface area contributed by atoms with E-state index < -0.39 is 10.0 Å². The summed E-state index contributed by atoms with van der Waals surface area (Å²) in [6, 6.07) is 4.84. The maximum absolute atomic E-state index is 12.4. The molecule has 2 aromatic heterocycles. The predicted octanol–water partition coefficient (Wildman–Crippen LogP) is 1.75. The third-order valence-corrected chi connectivity index (χ3v) is 5.34. The van der Waals surface area contributed by atoms with E-state index in [-0.39, 0.29) is 28.5 Å². The van der Waals surface area contributed by atoms with E-state index in [0.29, 0.717) is 0 Å². The van der Waals surface area contributed by atoms with Gasteiger partial charge in [0.05, 0.1) is 0 Å². The molecule has 20 heavy (non-hydrogen) atoms. The van der Waals surface area contributed by atoms with Crippen LogP contribution in [0, 0.1) is 0 Å². The van der Waals surface area contributed by atoms with Gasteiger partial charge in [-0.25, -0.2) is 8.42 Å². The van der Waals surface area contributed by atoms with Crippen LogP contribution in [-0.4, -0.2) is 29.9 Å². The van der Waals surface area contributed by atoms with E-state index in [9.17, 15) is 8.42 Å². The summed E-state index contributed by atoms with van der Waals surface area (Å²) in [6.07, 6.45) is 3.23. The number of pyridine rings is 1. The molecular weight excluding hydrogens is 348 g/mol. The molecule has 0 bridgehead atoms. The normalized spacial score (nSPS) is 12.0. The van der Waals surface area contributed by atoms with Crippen molar-refractivity contribution in [2.75, 3.05) is 7.05 Å². The minimum absolute atomic E-state index is 0.00654. The lowest BCUT2D eigenvalue weighted by Crippen LogP contribution is -2.26. The second-order valence-corrected chi connectivity index (χ2v) is 6.86. The first-order chi connectivity index (χ1) is 9.45. The highest BCUT2D eigenvalue weighted by atomic mass is 79.9. The Morgan fingerprint density at radius 2 is 2.25 bits per heavy atom. The van der Waals surface area contributed by atoms with Crippen LogP contribution in [0.25, 0.3) is 0 Å². The van der Waals surface area contributed by atoms with Crippen molar-refractivity contribution in [3.8, 4) is 0 Å². The van der Waals surface area contributed by atoms with Crippen LogP contribution in [0.15, 0.2) is 44.6 Å². The first kappa shape index (κ1) is 15.2. The molecular formula is C12H13BrN2O4S. The van der Waals surface area contributed by atoms with Gasteiger partial charge < -0.3 is 9.52 Å². The zero-order chi connectivity index (χ0) is 14.8. The van der Waals surface area contributed by atoms with Gasteiger partial charge in [0.25, 0.3) is 0 Å². The molecule has 0 fully saturated rings. The molecule has 2 rings (SSSR count). The van der Waals surface area contributed by atoms with Gasteiger partial charge in [-0.15, -0.1) is 0 Å². The zero-order valence-electron chi connectivity index (χ0n) is 10.7. The van der Waals surface area contributed by atoms with Crippen molar-refractivity contribution in [2.45, 2.75) is 18.0 Å². The monoisotopic (exact) mass is 360 g/mol. The van der Waals surface area contributed by atoms with Crippen LogP contribution in [0.2, 0.25) is 0 Å². The Kier molecular flexibility index (Phi) is 4.59. The number of aliphatic hydroxyl groups excluding tert-OH is 1. The molecule has 1 N–H and O–H groups in total. The molecule has 0 amide bonds. The number of halogens is 1.